The first kappa shape index (κ1) is 6.96. The Morgan fingerprint density at radius 2 is 2.33 bits per heavy atom. The van der Waals surface area contributed by atoms with Crippen LogP contribution in [-0.2, 0) is 4.74 Å². The van der Waals surface area contributed by atoms with Crippen LogP contribution in [0.4, 0.5) is 4.39 Å². The summed E-state index contributed by atoms with van der Waals surface area (Å²) in [4.78, 5) is 2.14. The van der Waals surface area contributed by atoms with Gasteiger partial charge in [0.2, 0.25) is 0 Å². The highest BCUT2D eigenvalue weighted by molar-refractivity contribution is 4.76. The molecule has 0 aromatic carbocycles. The van der Waals surface area contributed by atoms with Crippen molar-refractivity contribution < 1.29 is 9.13 Å². The molecule has 1 aliphatic heterocycles. The maximum Gasteiger partial charge on any atom is 0.113 e. The Kier molecular flexibility index (Phi) is 2.42. The molecule has 3 heteroatoms. The lowest BCUT2D eigenvalue weighted by Gasteiger charge is -2.35. The van der Waals surface area contributed by atoms with Crippen LogP contribution in [0.5, 0.6) is 0 Å². The van der Waals surface area contributed by atoms with Gasteiger partial charge in [-0.2, -0.15) is 0 Å². The number of likely N-dealkylation sites (N-methyl/N-ethyl adjacent to an activating group) is 1. The second kappa shape index (κ2) is 3.13. The third kappa shape index (κ3) is 1.91. The van der Waals surface area contributed by atoms with Gasteiger partial charge >= 0.3 is 0 Å². The molecule has 0 unspecified atom stereocenters. The van der Waals surface area contributed by atoms with Gasteiger partial charge in [0.05, 0.1) is 12.7 Å². The van der Waals surface area contributed by atoms with E-state index in [1.165, 1.54) is 0 Å². The third-order valence-corrected chi connectivity index (χ3v) is 1.46. The molecule has 54 valence electrons. The molecule has 0 amide bonds. The van der Waals surface area contributed by atoms with E-state index < -0.39 is 0 Å². The van der Waals surface area contributed by atoms with Crippen LogP contribution in [0.15, 0.2) is 0 Å². The number of nitrogens with zero attached hydrogens (tertiary/aromatic N) is 1. The molecule has 0 radical (unpaired) electrons. The highest BCUT2D eigenvalue weighted by Gasteiger charge is 2.22. The molecule has 1 saturated heterocycles. The summed E-state index contributed by atoms with van der Waals surface area (Å²) in [5.41, 5.74) is 0. The molecule has 1 rings (SSSR count). The molecule has 9 heavy (non-hydrogen) atoms. The number of halogens is 1. The van der Waals surface area contributed by atoms with Crippen molar-refractivity contribution in [3.05, 3.63) is 0 Å². The third-order valence-electron chi connectivity index (χ3n) is 1.46. The summed E-state index contributed by atoms with van der Waals surface area (Å²) in [6.45, 7) is 1.82. The normalized spacial score (nSPS) is 22.0. The van der Waals surface area contributed by atoms with Crippen molar-refractivity contribution in [1.82, 2.24) is 4.90 Å². The SMILES string of the molecule is CN1CC(OCCF)C1. The molecule has 2 nitrogen and oxygen atoms in total. The molecule has 0 aromatic rings. The summed E-state index contributed by atoms with van der Waals surface area (Å²) < 4.78 is 16.6. The summed E-state index contributed by atoms with van der Waals surface area (Å²) in [5.74, 6) is 0. The Bertz CT molecular complexity index is 83.1. The van der Waals surface area contributed by atoms with Crippen LogP contribution in [0.3, 0.4) is 0 Å². The minimum absolute atomic E-state index is 0.262. The maximum atomic E-state index is 11.5. The van der Waals surface area contributed by atoms with Gasteiger partial charge in [0.15, 0.2) is 0 Å². The second-order valence-electron chi connectivity index (χ2n) is 2.40. The highest BCUT2D eigenvalue weighted by Crippen LogP contribution is 2.07. The zero-order chi connectivity index (χ0) is 6.69. The maximum absolute atomic E-state index is 11.5. The standard InChI is InChI=1S/C6H12FNO/c1-8-4-6(5-8)9-3-2-7/h6H,2-5H2,1H3. The number of ether oxygens (including phenoxy) is 1. The first-order valence-corrected chi connectivity index (χ1v) is 3.19. The minimum atomic E-state index is -0.361. The fraction of sp³-hybridized carbons (Fsp3) is 1.00. The summed E-state index contributed by atoms with van der Waals surface area (Å²) in [7, 11) is 2.02. The van der Waals surface area contributed by atoms with Crippen LogP contribution in [0.25, 0.3) is 0 Å². The van der Waals surface area contributed by atoms with Gasteiger partial charge in [-0.05, 0) is 7.05 Å². The Balaban J connectivity index is 1.91. The number of hydrogen-bond acceptors (Lipinski definition) is 2. The Labute approximate surface area is 54.6 Å². The smallest absolute Gasteiger partial charge is 0.113 e. The van der Waals surface area contributed by atoms with Gasteiger partial charge in [0, 0.05) is 13.1 Å². The van der Waals surface area contributed by atoms with Crippen molar-refractivity contribution in [3.63, 3.8) is 0 Å². The van der Waals surface area contributed by atoms with E-state index in [0.717, 1.165) is 13.1 Å². The fourth-order valence-corrected chi connectivity index (χ4v) is 0.958. The molecular formula is C6H12FNO. The van der Waals surface area contributed by atoms with Gasteiger partial charge in [0.1, 0.15) is 6.67 Å². The van der Waals surface area contributed by atoms with Crippen molar-refractivity contribution in [1.29, 1.82) is 0 Å². The lowest BCUT2D eigenvalue weighted by atomic mass is 10.2. The monoisotopic (exact) mass is 133 g/mol. The predicted molar refractivity (Wildman–Crippen MR) is 33.2 cm³/mol. The van der Waals surface area contributed by atoms with Crippen molar-refractivity contribution in [2.45, 2.75) is 6.10 Å². The van der Waals surface area contributed by atoms with Crippen molar-refractivity contribution >= 4 is 0 Å². The van der Waals surface area contributed by atoms with Crippen LogP contribution in [0, 0.1) is 0 Å². The quantitative estimate of drug-likeness (QED) is 0.548. The van der Waals surface area contributed by atoms with E-state index in [1.54, 1.807) is 0 Å². The van der Waals surface area contributed by atoms with Crippen LogP contribution < -0.4 is 0 Å². The molecule has 0 bridgehead atoms. The van der Waals surface area contributed by atoms with E-state index in [-0.39, 0.29) is 13.3 Å². The van der Waals surface area contributed by atoms with Gasteiger partial charge in [-0.15, -0.1) is 0 Å². The van der Waals surface area contributed by atoms with E-state index >= 15 is 0 Å². The Morgan fingerprint density at radius 3 is 2.78 bits per heavy atom. The predicted octanol–water partition coefficient (Wildman–Crippen LogP) is 0.286. The average Bonchev–Trinajstić information content (AvgIpc) is 1.78. The lowest BCUT2D eigenvalue weighted by Crippen LogP contribution is -2.49. The molecule has 0 aromatic heterocycles. The fourth-order valence-electron chi connectivity index (χ4n) is 0.958. The Hall–Kier alpha value is -0.150. The second-order valence-corrected chi connectivity index (χ2v) is 2.40. The molecule has 1 fully saturated rings. The zero-order valence-electron chi connectivity index (χ0n) is 5.64. The minimum Gasteiger partial charge on any atom is -0.373 e. The van der Waals surface area contributed by atoms with Crippen LogP contribution in [0.2, 0.25) is 0 Å². The summed E-state index contributed by atoms with van der Waals surface area (Å²) in [5, 5.41) is 0. The molecule has 0 atom stereocenters. The van der Waals surface area contributed by atoms with Gasteiger partial charge in [-0.1, -0.05) is 0 Å². The van der Waals surface area contributed by atoms with Gasteiger partial charge in [-0.25, -0.2) is 4.39 Å². The van der Waals surface area contributed by atoms with Gasteiger partial charge < -0.3 is 9.64 Å². The lowest BCUT2D eigenvalue weighted by molar-refractivity contribution is -0.0466. The summed E-state index contributed by atoms with van der Waals surface area (Å²) in [6, 6.07) is 0. The Morgan fingerprint density at radius 1 is 1.67 bits per heavy atom. The van der Waals surface area contributed by atoms with E-state index in [0.29, 0.717) is 6.10 Å². The number of likely N-dealkylation sites (tertiary alicyclic amines) is 1. The van der Waals surface area contributed by atoms with Gasteiger partial charge in [0.25, 0.3) is 0 Å². The molecule has 0 spiro atoms. The summed E-state index contributed by atoms with van der Waals surface area (Å²) in [6.07, 6.45) is 0.297. The van der Waals surface area contributed by atoms with E-state index in [2.05, 4.69) is 4.90 Å². The molecular weight excluding hydrogens is 121 g/mol. The van der Waals surface area contributed by atoms with E-state index in [1.807, 2.05) is 7.05 Å². The van der Waals surface area contributed by atoms with Crippen LogP contribution in [-0.4, -0.2) is 44.4 Å². The van der Waals surface area contributed by atoms with Crippen LogP contribution >= 0.6 is 0 Å². The first-order chi connectivity index (χ1) is 4.33. The largest absolute Gasteiger partial charge is 0.373 e. The van der Waals surface area contributed by atoms with Crippen molar-refractivity contribution in [2.75, 3.05) is 33.4 Å². The average molecular weight is 133 g/mol. The first-order valence-electron chi connectivity index (χ1n) is 3.19. The number of alkyl halides is 1. The molecule has 1 aliphatic rings. The topological polar surface area (TPSA) is 12.5 Å². The molecule has 0 N–H and O–H groups in total. The molecule has 0 saturated carbocycles. The number of hydrogen-bond donors (Lipinski definition) is 0. The van der Waals surface area contributed by atoms with Crippen molar-refractivity contribution in [3.8, 4) is 0 Å². The zero-order valence-corrected chi connectivity index (χ0v) is 5.64. The molecule has 1 heterocycles. The summed E-state index contributed by atoms with van der Waals surface area (Å²) >= 11 is 0. The highest BCUT2D eigenvalue weighted by atomic mass is 19.1. The molecule has 0 aliphatic carbocycles. The van der Waals surface area contributed by atoms with Crippen molar-refractivity contribution in [2.24, 2.45) is 0 Å². The van der Waals surface area contributed by atoms with E-state index in [9.17, 15) is 4.39 Å². The van der Waals surface area contributed by atoms with E-state index in [4.69, 9.17) is 4.74 Å². The number of rotatable bonds is 3. The van der Waals surface area contributed by atoms with Gasteiger partial charge in [-0.3, -0.25) is 0 Å². The van der Waals surface area contributed by atoms with Crippen LogP contribution in [0.1, 0.15) is 0 Å².